The fourth-order valence-electron chi connectivity index (χ4n) is 4.82. The number of carbonyl (C=O) groups is 1. The Morgan fingerprint density at radius 1 is 1.12 bits per heavy atom. The van der Waals surface area contributed by atoms with Gasteiger partial charge in [-0.2, -0.15) is 5.10 Å². The standard InChI is InChI=1S/C23H26Cl2N6O/c1-14-8-10-29(12-14)22-15(2)13-31-20(27-22)11-17(28-31)18-5-3-4-9-30(18)23(32)21-16(24)6-7-19(25)26-21/h6-7,11,13-14,18H,3-5,8-10,12H2,1-2H3/t14-,18-/m0/s1. The Hall–Kier alpha value is -2.38. The van der Waals surface area contributed by atoms with Crippen LogP contribution in [-0.4, -0.2) is 50.0 Å². The van der Waals surface area contributed by atoms with Crippen LogP contribution < -0.4 is 4.90 Å². The van der Waals surface area contributed by atoms with Gasteiger partial charge in [-0.05, 0) is 50.7 Å². The SMILES string of the molecule is Cc1cn2nc([C@@H]3CCCCN3C(=O)c3nc(Cl)ccc3Cl)cc2nc1N1CC[C@H](C)C1. The van der Waals surface area contributed by atoms with Gasteiger partial charge in [-0.3, -0.25) is 4.79 Å². The minimum atomic E-state index is -0.213. The van der Waals surface area contributed by atoms with Gasteiger partial charge >= 0.3 is 0 Å². The first-order valence-corrected chi connectivity index (χ1v) is 11.9. The molecule has 0 bridgehead atoms. The van der Waals surface area contributed by atoms with Gasteiger partial charge in [0.15, 0.2) is 5.65 Å². The molecule has 3 aromatic rings. The highest BCUT2D eigenvalue weighted by Gasteiger charge is 2.32. The van der Waals surface area contributed by atoms with Gasteiger partial charge in [-0.25, -0.2) is 14.5 Å². The van der Waals surface area contributed by atoms with Crippen LogP contribution >= 0.6 is 23.2 Å². The van der Waals surface area contributed by atoms with E-state index < -0.39 is 0 Å². The van der Waals surface area contributed by atoms with Crippen molar-refractivity contribution in [2.45, 2.75) is 45.6 Å². The van der Waals surface area contributed by atoms with Crippen molar-refractivity contribution in [2.75, 3.05) is 24.5 Å². The van der Waals surface area contributed by atoms with E-state index in [4.69, 9.17) is 33.3 Å². The van der Waals surface area contributed by atoms with Crippen molar-refractivity contribution in [3.05, 3.63) is 51.5 Å². The molecule has 2 fully saturated rings. The van der Waals surface area contributed by atoms with Gasteiger partial charge in [0.05, 0.1) is 16.8 Å². The molecule has 0 aromatic carbocycles. The van der Waals surface area contributed by atoms with E-state index in [1.165, 1.54) is 6.42 Å². The number of likely N-dealkylation sites (tertiary alicyclic amines) is 1. The van der Waals surface area contributed by atoms with E-state index in [0.29, 0.717) is 17.5 Å². The fourth-order valence-corrected chi connectivity index (χ4v) is 5.15. The Labute approximate surface area is 197 Å². The number of hydrogen-bond acceptors (Lipinski definition) is 5. The molecule has 32 heavy (non-hydrogen) atoms. The molecule has 9 heteroatoms. The predicted octanol–water partition coefficient (Wildman–Crippen LogP) is 4.95. The van der Waals surface area contributed by atoms with Crippen molar-refractivity contribution in [2.24, 2.45) is 5.92 Å². The Kier molecular flexibility index (Phi) is 5.72. The van der Waals surface area contributed by atoms with Crippen molar-refractivity contribution >= 4 is 40.6 Å². The summed E-state index contributed by atoms with van der Waals surface area (Å²) in [4.78, 5) is 26.7. The molecule has 1 amide bonds. The lowest BCUT2D eigenvalue weighted by Gasteiger charge is -2.34. The molecule has 5 rings (SSSR count). The Bertz CT molecular complexity index is 1180. The van der Waals surface area contributed by atoms with Crippen molar-refractivity contribution in [3.8, 4) is 0 Å². The average Bonchev–Trinajstić information content (AvgIpc) is 3.40. The molecular formula is C23H26Cl2N6O. The molecule has 168 valence electrons. The monoisotopic (exact) mass is 472 g/mol. The summed E-state index contributed by atoms with van der Waals surface area (Å²) in [5, 5.41) is 5.37. The first-order chi connectivity index (χ1) is 15.4. The second-order valence-electron chi connectivity index (χ2n) is 8.93. The van der Waals surface area contributed by atoms with E-state index in [0.717, 1.165) is 55.1 Å². The third-order valence-electron chi connectivity index (χ3n) is 6.47. The molecule has 0 saturated carbocycles. The number of aryl methyl sites for hydroxylation is 1. The summed E-state index contributed by atoms with van der Waals surface area (Å²) in [6.07, 6.45) is 6.03. The molecule has 2 aliphatic heterocycles. The molecule has 3 aromatic heterocycles. The van der Waals surface area contributed by atoms with Crippen LogP contribution in [0.2, 0.25) is 10.2 Å². The van der Waals surface area contributed by atoms with Crippen molar-refractivity contribution in [1.29, 1.82) is 0 Å². The minimum Gasteiger partial charge on any atom is -0.356 e. The quantitative estimate of drug-likeness (QED) is 0.504. The number of aromatic nitrogens is 4. The first kappa shape index (κ1) is 21.5. The summed E-state index contributed by atoms with van der Waals surface area (Å²) < 4.78 is 1.83. The van der Waals surface area contributed by atoms with E-state index >= 15 is 0 Å². The number of pyridine rings is 1. The molecule has 2 saturated heterocycles. The summed E-state index contributed by atoms with van der Waals surface area (Å²) >= 11 is 12.3. The molecule has 2 atom stereocenters. The maximum atomic E-state index is 13.3. The highest BCUT2D eigenvalue weighted by Crippen LogP contribution is 2.33. The molecule has 5 heterocycles. The summed E-state index contributed by atoms with van der Waals surface area (Å²) in [5.74, 6) is 1.50. The smallest absolute Gasteiger partial charge is 0.274 e. The first-order valence-electron chi connectivity index (χ1n) is 11.2. The van der Waals surface area contributed by atoms with E-state index in [1.54, 1.807) is 12.1 Å². The van der Waals surface area contributed by atoms with Crippen molar-refractivity contribution in [3.63, 3.8) is 0 Å². The van der Waals surface area contributed by atoms with Crippen LogP contribution in [0.15, 0.2) is 24.4 Å². The lowest BCUT2D eigenvalue weighted by molar-refractivity contribution is 0.0600. The lowest BCUT2D eigenvalue weighted by Crippen LogP contribution is -2.39. The summed E-state index contributed by atoms with van der Waals surface area (Å²) in [6, 6.07) is 5.06. The molecule has 7 nitrogen and oxygen atoms in total. The van der Waals surface area contributed by atoms with Crippen LogP contribution in [-0.2, 0) is 0 Å². The number of amides is 1. The highest BCUT2D eigenvalue weighted by atomic mass is 35.5. The van der Waals surface area contributed by atoms with Crippen molar-refractivity contribution < 1.29 is 4.79 Å². The highest BCUT2D eigenvalue weighted by molar-refractivity contribution is 6.34. The number of fused-ring (bicyclic) bond motifs is 1. The lowest BCUT2D eigenvalue weighted by atomic mass is 9.99. The number of rotatable bonds is 3. The largest absolute Gasteiger partial charge is 0.356 e. The van der Waals surface area contributed by atoms with E-state index in [-0.39, 0.29) is 22.8 Å². The number of nitrogens with zero attached hydrogens (tertiary/aromatic N) is 6. The third kappa shape index (κ3) is 3.92. The molecule has 0 radical (unpaired) electrons. The zero-order chi connectivity index (χ0) is 22.4. The summed E-state index contributed by atoms with van der Waals surface area (Å²) in [6.45, 7) is 7.05. The van der Waals surface area contributed by atoms with Crippen LogP contribution in [0.5, 0.6) is 0 Å². The molecule has 0 N–H and O–H groups in total. The Morgan fingerprint density at radius 2 is 1.97 bits per heavy atom. The molecule has 2 aliphatic rings. The normalized spacial score (nSPS) is 21.5. The van der Waals surface area contributed by atoms with E-state index in [9.17, 15) is 4.79 Å². The van der Waals surface area contributed by atoms with Gasteiger partial charge in [-0.15, -0.1) is 0 Å². The predicted molar refractivity (Wildman–Crippen MR) is 126 cm³/mol. The number of hydrogen-bond donors (Lipinski definition) is 0. The topological polar surface area (TPSA) is 66.6 Å². The second-order valence-corrected chi connectivity index (χ2v) is 9.73. The van der Waals surface area contributed by atoms with Gasteiger partial charge in [0.2, 0.25) is 0 Å². The van der Waals surface area contributed by atoms with Crippen LogP contribution in [0, 0.1) is 12.8 Å². The Morgan fingerprint density at radius 3 is 2.75 bits per heavy atom. The number of anilines is 1. The van der Waals surface area contributed by atoms with Crippen LogP contribution in [0.25, 0.3) is 5.65 Å². The molecule has 0 aliphatic carbocycles. The zero-order valence-corrected chi connectivity index (χ0v) is 19.8. The van der Waals surface area contributed by atoms with Crippen LogP contribution in [0.4, 0.5) is 5.82 Å². The van der Waals surface area contributed by atoms with Crippen LogP contribution in [0.1, 0.15) is 60.4 Å². The molecule has 0 spiro atoms. The third-order valence-corrected chi connectivity index (χ3v) is 6.98. The van der Waals surface area contributed by atoms with Gasteiger partial charge in [-0.1, -0.05) is 30.1 Å². The van der Waals surface area contributed by atoms with Gasteiger partial charge in [0.25, 0.3) is 5.91 Å². The van der Waals surface area contributed by atoms with Gasteiger partial charge < -0.3 is 9.80 Å². The number of halogens is 2. The van der Waals surface area contributed by atoms with Gasteiger partial charge in [0.1, 0.15) is 16.7 Å². The average molecular weight is 473 g/mol. The van der Waals surface area contributed by atoms with Crippen molar-refractivity contribution in [1.82, 2.24) is 24.5 Å². The van der Waals surface area contributed by atoms with Crippen LogP contribution in [0.3, 0.4) is 0 Å². The molecule has 0 unspecified atom stereocenters. The van der Waals surface area contributed by atoms with Gasteiger partial charge in [0, 0.05) is 37.5 Å². The summed E-state index contributed by atoms with van der Waals surface area (Å²) in [5.41, 5.74) is 2.94. The summed E-state index contributed by atoms with van der Waals surface area (Å²) in [7, 11) is 0. The second kappa shape index (κ2) is 8.52. The van der Waals surface area contributed by atoms with E-state index in [1.807, 2.05) is 21.7 Å². The maximum Gasteiger partial charge on any atom is 0.274 e. The maximum absolute atomic E-state index is 13.3. The van der Waals surface area contributed by atoms with E-state index in [2.05, 4.69) is 23.7 Å². The molecular weight excluding hydrogens is 447 g/mol. The number of piperidine rings is 1. The fraction of sp³-hybridized carbons (Fsp3) is 0.478. The number of carbonyl (C=O) groups excluding carboxylic acids is 1. The zero-order valence-electron chi connectivity index (χ0n) is 18.3. The Balaban J connectivity index is 1.48. The minimum absolute atomic E-state index is 0.148.